The van der Waals surface area contributed by atoms with Gasteiger partial charge in [0.25, 0.3) is 5.56 Å². The molecule has 1 atom stereocenters. The summed E-state index contributed by atoms with van der Waals surface area (Å²) in [5, 5.41) is 13.4. The predicted molar refractivity (Wildman–Crippen MR) is 121 cm³/mol. The summed E-state index contributed by atoms with van der Waals surface area (Å²) in [6, 6.07) is 7.19. The zero-order valence-electron chi connectivity index (χ0n) is 18.6. The fourth-order valence-electron chi connectivity index (χ4n) is 4.37. The molecule has 3 aromatic heterocycles. The second kappa shape index (κ2) is 8.02. The molecule has 8 nitrogen and oxygen atoms in total. The molecule has 8 heteroatoms. The lowest BCUT2D eigenvalue weighted by molar-refractivity contribution is -0.123. The van der Waals surface area contributed by atoms with Gasteiger partial charge in [-0.1, -0.05) is 18.2 Å². The van der Waals surface area contributed by atoms with Crippen molar-refractivity contribution in [2.45, 2.75) is 46.7 Å². The van der Waals surface area contributed by atoms with Crippen LogP contribution in [0.5, 0.6) is 0 Å². The number of nitrogens with zero attached hydrogens (tertiary/aromatic N) is 5. The SMILES string of the molecule is CCn1nc(C)c(CCNC(=O)[C@H](C)n2c3ccccc3c3cnn(C)c(=O)c32)c1C. The highest BCUT2D eigenvalue weighted by Gasteiger charge is 2.23. The second-order valence-electron chi connectivity index (χ2n) is 7.90. The van der Waals surface area contributed by atoms with Gasteiger partial charge in [-0.25, -0.2) is 4.68 Å². The summed E-state index contributed by atoms with van der Waals surface area (Å²) in [6.07, 6.45) is 2.41. The van der Waals surface area contributed by atoms with E-state index >= 15 is 0 Å². The van der Waals surface area contributed by atoms with Crippen molar-refractivity contribution in [1.29, 1.82) is 0 Å². The highest BCUT2D eigenvalue weighted by molar-refractivity contribution is 6.08. The molecule has 1 aromatic carbocycles. The summed E-state index contributed by atoms with van der Waals surface area (Å²) in [4.78, 5) is 26.0. The van der Waals surface area contributed by atoms with Gasteiger partial charge < -0.3 is 9.88 Å². The van der Waals surface area contributed by atoms with E-state index in [9.17, 15) is 9.59 Å². The standard InChI is InChI=1S/C23H28N6O2/c1-6-28-15(3)17(14(2)26-28)11-12-24-22(30)16(4)29-20-10-8-7-9-18(20)19-13-25-27(5)23(31)21(19)29/h7-10,13,16H,6,11-12H2,1-5H3,(H,24,30)/t16-/m0/s1. The molecule has 0 spiro atoms. The van der Waals surface area contributed by atoms with E-state index in [0.717, 1.165) is 40.6 Å². The Morgan fingerprint density at radius 3 is 2.65 bits per heavy atom. The highest BCUT2D eigenvalue weighted by atomic mass is 16.2. The number of hydrogen-bond acceptors (Lipinski definition) is 4. The molecular weight excluding hydrogens is 392 g/mol. The van der Waals surface area contributed by atoms with Crippen molar-refractivity contribution in [3.05, 3.63) is 57.8 Å². The number of hydrogen-bond donors (Lipinski definition) is 1. The van der Waals surface area contributed by atoms with E-state index < -0.39 is 6.04 Å². The van der Waals surface area contributed by atoms with E-state index in [4.69, 9.17) is 0 Å². The van der Waals surface area contributed by atoms with Crippen LogP contribution in [0.4, 0.5) is 0 Å². The number of benzene rings is 1. The molecule has 3 heterocycles. The molecule has 0 aliphatic rings. The first-order valence-electron chi connectivity index (χ1n) is 10.6. The van der Waals surface area contributed by atoms with Crippen LogP contribution in [0.1, 0.15) is 36.8 Å². The first-order valence-corrected chi connectivity index (χ1v) is 10.6. The summed E-state index contributed by atoms with van der Waals surface area (Å²) in [6.45, 7) is 9.29. The molecular formula is C23H28N6O2. The minimum atomic E-state index is -0.543. The van der Waals surface area contributed by atoms with Gasteiger partial charge in [-0.15, -0.1) is 0 Å². The highest BCUT2D eigenvalue weighted by Crippen LogP contribution is 2.29. The van der Waals surface area contributed by atoms with E-state index in [-0.39, 0.29) is 11.5 Å². The molecule has 4 aromatic rings. The maximum absolute atomic E-state index is 13.1. The number of carbonyl (C=O) groups is 1. The predicted octanol–water partition coefficient (Wildman–Crippen LogP) is 2.64. The van der Waals surface area contributed by atoms with Crippen LogP contribution in [0.2, 0.25) is 0 Å². The Bertz CT molecular complexity index is 1340. The Hall–Kier alpha value is -3.42. The van der Waals surface area contributed by atoms with E-state index in [1.165, 1.54) is 10.2 Å². The van der Waals surface area contributed by atoms with Crippen molar-refractivity contribution in [3.63, 3.8) is 0 Å². The van der Waals surface area contributed by atoms with Crippen LogP contribution in [-0.4, -0.2) is 36.6 Å². The van der Waals surface area contributed by atoms with Crippen molar-refractivity contribution in [1.82, 2.24) is 29.4 Å². The summed E-state index contributed by atoms with van der Waals surface area (Å²) < 4.78 is 5.12. The number of aromatic nitrogens is 5. The molecule has 0 radical (unpaired) electrons. The van der Waals surface area contributed by atoms with Gasteiger partial charge in [-0.05, 0) is 45.7 Å². The summed E-state index contributed by atoms with van der Waals surface area (Å²) in [7, 11) is 1.62. The normalized spacial score (nSPS) is 12.5. The van der Waals surface area contributed by atoms with E-state index in [1.807, 2.05) is 47.4 Å². The Labute approximate surface area is 180 Å². The smallest absolute Gasteiger partial charge is 0.291 e. The zero-order valence-corrected chi connectivity index (χ0v) is 18.6. The minimum Gasteiger partial charge on any atom is -0.354 e. The first kappa shape index (κ1) is 20.8. The lowest BCUT2D eigenvalue weighted by Gasteiger charge is -2.16. The molecule has 0 saturated carbocycles. The molecule has 0 fully saturated rings. The zero-order chi connectivity index (χ0) is 22.3. The van der Waals surface area contributed by atoms with Crippen LogP contribution in [0, 0.1) is 13.8 Å². The molecule has 0 aliphatic heterocycles. The number of carbonyl (C=O) groups excluding carboxylic acids is 1. The van der Waals surface area contributed by atoms with Gasteiger partial charge in [0.05, 0.1) is 17.4 Å². The van der Waals surface area contributed by atoms with Crippen LogP contribution in [0.3, 0.4) is 0 Å². The summed E-state index contributed by atoms with van der Waals surface area (Å²) >= 11 is 0. The third-order valence-corrected chi connectivity index (χ3v) is 6.08. The van der Waals surface area contributed by atoms with Crippen LogP contribution in [-0.2, 0) is 24.8 Å². The van der Waals surface area contributed by atoms with Gasteiger partial charge in [-0.3, -0.25) is 14.3 Å². The Morgan fingerprint density at radius 1 is 1.19 bits per heavy atom. The average molecular weight is 421 g/mol. The number of aryl methyl sites for hydroxylation is 3. The van der Waals surface area contributed by atoms with Gasteiger partial charge in [0.1, 0.15) is 11.6 Å². The van der Waals surface area contributed by atoms with E-state index in [2.05, 4.69) is 29.4 Å². The van der Waals surface area contributed by atoms with Gasteiger partial charge in [0, 0.05) is 36.6 Å². The molecule has 0 aliphatic carbocycles. The third kappa shape index (κ3) is 3.41. The fraction of sp³-hybridized carbons (Fsp3) is 0.391. The molecule has 162 valence electrons. The van der Waals surface area contributed by atoms with Crippen molar-refractivity contribution >= 4 is 27.7 Å². The molecule has 4 rings (SSSR count). The van der Waals surface area contributed by atoms with Gasteiger partial charge in [-0.2, -0.15) is 10.2 Å². The molecule has 0 saturated heterocycles. The number of nitrogens with one attached hydrogen (secondary N) is 1. The number of amides is 1. The maximum Gasteiger partial charge on any atom is 0.291 e. The van der Waals surface area contributed by atoms with Crippen molar-refractivity contribution in [2.24, 2.45) is 7.05 Å². The summed E-state index contributed by atoms with van der Waals surface area (Å²) in [5.41, 5.74) is 4.44. The third-order valence-electron chi connectivity index (χ3n) is 6.08. The lowest BCUT2D eigenvalue weighted by Crippen LogP contribution is -2.33. The fourth-order valence-corrected chi connectivity index (χ4v) is 4.37. The van der Waals surface area contributed by atoms with Gasteiger partial charge in [0.15, 0.2) is 0 Å². The molecule has 1 N–H and O–H groups in total. The lowest BCUT2D eigenvalue weighted by atomic mass is 10.1. The van der Waals surface area contributed by atoms with Gasteiger partial charge >= 0.3 is 0 Å². The van der Waals surface area contributed by atoms with Gasteiger partial charge in [0.2, 0.25) is 5.91 Å². The van der Waals surface area contributed by atoms with Crippen LogP contribution in [0.25, 0.3) is 21.8 Å². The Morgan fingerprint density at radius 2 is 1.94 bits per heavy atom. The molecule has 31 heavy (non-hydrogen) atoms. The first-order chi connectivity index (χ1) is 14.8. The molecule has 0 bridgehead atoms. The largest absolute Gasteiger partial charge is 0.354 e. The van der Waals surface area contributed by atoms with Crippen LogP contribution in [0.15, 0.2) is 35.3 Å². The molecule has 0 unspecified atom stereocenters. The average Bonchev–Trinajstić information content (AvgIpc) is 3.24. The van der Waals surface area contributed by atoms with Crippen molar-refractivity contribution < 1.29 is 4.79 Å². The number of rotatable bonds is 6. The number of para-hydroxylation sites is 1. The van der Waals surface area contributed by atoms with Crippen molar-refractivity contribution in [3.8, 4) is 0 Å². The number of fused-ring (bicyclic) bond motifs is 3. The monoisotopic (exact) mass is 420 g/mol. The Kier molecular flexibility index (Phi) is 5.39. The topological polar surface area (TPSA) is 86.7 Å². The van der Waals surface area contributed by atoms with Crippen molar-refractivity contribution in [2.75, 3.05) is 6.54 Å². The van der Waals surface area contributed by atoms with E-state index in [1.54, 1.807) is 13.2 Å². The van der Waals surface area contributed by atoms with Crippen LogP contribution >= 0.6 is 0 Å². The quantitative estimate of drug-likeness (QED) is 0.520. The minimum absolute atomic E-state index is 0.125. The van der Waals surface area contributed by atoms with E-state index in [0.29, 0.717) is 12.1 Å². The summed E-state index contributed by atoms with van der Waals surface area (Å²) in [5.74, 6) is -0.125. The Balaban J connectivity index is 1.63. The maximum atomic E-state index is 13.1. The second-order valence-corrected chi connectivity index (χ2v) is 7.90. The van der Waals surface area contributed by atoms with Crippen LogP contribution < -0.4 is 10.9 Å². The molecule has 1 amide bonds.